The maximum Gasteiger partial charge on any atom is 0.231 e. The number of benzene rings is 1. The molecule has 6 heteroatoms. The Balaban J connectivity index is 1.72. The molecule has 1 atom stereocenters. The summed E-state index contributed by atoms with van der Waals surface area (Å²) >= 11 is 0. The summed E-state index contributed by atoms with van der Waals surface area (Å²) in [5, 5.41) is 6.51. The molecule has 1 aliphatic rings. The summed E-state index contributed by atoms with van der Waals surface area (Å²) in [5.41, 5.74) is 0. The first-order valence-corrected chi connectivity index (χ1v) is 7.22. The summed E-state index contributed by atoms with van der Waals surface area (Å²) in [6, 6.07) is 5.97. The molecule has 0 saturated carbocycles. The number of nitrogens with zero attached hydrogens (tertiary/aromatic N) is 1. The van der Waals surface area contributed by atoms with Crippen LogP contribution in [-0.4, -0.2) is 39.0 Å². The molecule has 1 aliphatic heterocycles. The third kappa shape index (κ3) is 4.44. The largest absolute Gasteiger partial charge is 0.492 e. The lowest BCUT2D eigenvalue weighted by Gasteiger charge is -2.16. The first kappa shape index (κ1) is 15.3. The average Bonchev–Trinajstić information content (AvgIpc) is 2.97. The van der Waals surface area contributed by atoms with E-state index in [1.807, 2.05) is 18.2 Å². The molecule has 0 bridgehead atoms. The maximum atomic E-state index is 5.68. The molecule has 2 N–H and O–H groups in total. The van der Waals surface area contributed by atoms with Gasteiger partial charge in [0.15, 0.2) is 17.5 Å². The van der Waals surface area contributed by atoms with Crippen molar-refractivity contribution in [2.45, 2.75) is 26.3 Å². The lowest BCUT2D eigenvalue weighted by Crippen LogP contribution is -2.43. The second kappa shape index (κ2) is 7.61. The minimum Gasteiger partial charge on any atom is -0.492 e. The fourth-order valence-corrected chi connectivity index (χ4v) is 1.84. The van der Waals surface area contributed by atoms with E-state index in [1.54, 1.807) is 7.05 Å². The molecule has 0 amide bonds. The van der Waals surface area contributed by atoms with Gasteiger partial charge in [0.05, 0.1) is 6.54 Å². The summed E-state index contributed by atoms with van der Waals surface area (Å²) in [7, 11) is 1.76. The Morgan fingerprint density at radius 2 is 2.19 bits per heavy atom. The van der Waals surface area contributed by atoms with Crippen molar-refractivity contribution in [1.82, 2.24) is 10.6 Å². The molecule has 0 spiro atoms. The fraction of sp³-hybridized carbons (Fsp3) is 0.533. The number of hydrogen-bond acceptors (Lipinski definition) is 4. The molecule has 1 aromatic carbocycles. The Hall–Kier alpha value is -2.11. The predicted molar refractivity (Wildman–Crippen MR) is 82.3 cm³/mol. The summed E-state index contributed by atoms with van der Waals surface area (Å²) in [5.74, 6) is 3.05. The molecule has 0 radical (unpaired) electrons. The minimum atomic E-state index is 0.276. The second-order valence-corrected chi connectivity index (χ2v) is 4.82. The molecular formula is C15H23N3O3. The quantitative estimate of drug-likeness (QED) is 0.475. The van der Waals surface area contributed by atoms with Crippen molar-refractivity contribution >= 4 is 5.96 Å². The van der Waals surface area contributed by atoms with Gasteiger partial charge in [-0.25, -0.2) is 0 Å². The van der Waals surface area contributed by atoms with E-state index in [4.69, 9.17) is 14.2 Å². The standard InChI is InChI=1S/C15H23N3O3/c1-4-11(2)18-15(16-3)17-7-8-19-12-5-6-13-14(9-12)21-10-20-13/h5-6,9,11H,4,7-8,10H2,1-3H3,(H2,16,17,18). The number of fused-ring (bicyclic) bond motifs is 1. The first-order chi connectivity index (χ1) is 10.2. The van der Waals surface area contributed by atoms with E-state index in [-0.39, 0.29) is 6.79 Å². The van der Waals surface area contributed by atoms with Crippen LogP contribution in [-0.2, 0) is 0 Å². The van der Waals surface area contributed by atoms with Gasteiger partial charge >= 0.3 is 0 Å². The predicted octanol–water partition coefficient (Wildman–Crippen LogP) is 1.76. The van der Waals surface area contributed by atoms with Crippen molar-refractivity contribution in [3.05, 3.63) is 18.2 Å². The molecular weight excluding hydrogens is 270 g/mol. The van der Waals surface area contributed by atoms with Gasteiger partial charge in [0.2, 0.25) is 6.79 Å². The smallest absolute Gasteiger partial charge is 0.231 e. The monoisotopic (exact) mass is 293 g/mol. The van der Waals surface area contributed by atoms with Crippen LogP contribution in [0.2, 0.25) is 0 Å². The highest BCUT2D eigenvalue weighted by Gasteiger charge is 2.13. The van der Waals surface area contributed by atoms with E-state index in [9.17, 15) is 0 Å². The van der Waals surface area contributed by atoms with Crippen molar-refractivity contribution < 1.29 is 14.2 Å². The lowest BCUT2D eigenvalue weighted by atomic mass is 10.3. The Morgan fingerprint density at radius 1 is 1.38 bits per heavy atom. The molecule has 21 heavy (non-hydrogen) atoms. The molecule has 6 nitrogen and oxygen atoms in total. The molecule has 1 aromatic rings. The van der Waals surface area contributed by atoms with E-state index in [2.05, 4.69) is 29.5 Å². The Labute approximate surface area is 125 Å². The van der Waals surface area contributed by atoms with Gasteiger partial charge in [-0.2, -0.15) is 0 Å². The molecule has 1 heterocycles. The highest BCUT2D eigenvalue weighted by atomic mass is 16.7. The van der Waals surface area contributed by atoms with Crippen LogP contribution >= 0.6 is 0 Å². The minimum absolute atomic E-state index is 0.276. The van der Waals surface area contributed by atoms with Crippen molar-refractivity contribution in [3.8, 4) is 17.2 Å². The van der Waals surface area contributed by atoms with Crippen LogP contribution in [0.3, 0.4) is 0 Å². The van der Waals surface area contributed by atoms with E-state index < -0.39 is 0 Å². The average molecular weight is 293 g/mol. The number of guanidine groups is 1. The van der Waals surface area contributed by atoms with Gasteiger partial charge in [-0.3, -0.25) is 4.99 Å². The highest BCUT2D eigenvalue weighted by Crippen LogP contribution is 2.34. The van der Waals surface area contributed by atoms with Gasteiger partial charge in [-0.15, -0.1) is 0 Å². The highest BCUT2D eigenvalue weighted by molar-refractivity contribution is 5.79. The zero-order chi connectivity index (χ0) is 15.1. The van der Waals surface area contributed by atoms with Crippen molar-refractivity contribution in [3.63, 3.8) is 0 Å². The van der Waals surface area contributed by atoms with Gasteiger partial charge in [0.1, 0.15) is 12.4 Å². The van der Waals surface area contributed by atoms with Gasteiger partial charge in [0.25, 0.3) is 0 Å². The third-order valence-corrected chi connectivity index (χ3v) is 3.23. The van der Waals surface area contributed by atoms with Gasteiger partial charge in [0, 0.05) is 19.2 Å². The van der Waals surface area contributed by atoms with Crippen LogP contribution in [0.15, 0.2) is 23.2 Å². The Kier molecular flexibility index (Phi) is 5.54. The van der Waals surface area contributed by atoms with E-state index >= 15 is 0 Å². The molecule has 0 aliphatic carbocycles. The number of rotatable bonds is 6. The van der Waals surface area contributed by atoms with Crippen LogP contribution in [0.1, 0.15) is 20.3 Å². The van der Waals surface area contributed by atoms with Crippen molar-refractivity contribution in [2.24, 2.45) is 4.99 Å². The van der Waals surface area contributed by atoms with Crippen LogP contribution in [0.25, 0.3) is 0 Å². The van der Waals surface area contributed by atoms with Crippen molar-refractivity contribution in [1.29, 1.82) is 0 Å². The van der Waals surface area contributed by atoms with Crippen LogP contribution in [0.5, 0.6) is 17.2 Å². The van der Waals surface area contributed by atoms with E-state index in [1.165, 1.54) is 0 Å². The molecule has 116 valence electrons. The summed E-state index contributed by atoms with van der Waals surface area (Å²) in [6.07, 6.45) is 1.05. The number of nitrogens with one attached hydrogen (secondary N) is 2. The SMILES string of the molecule is CCC(C)NC(=NC)NCCOc1ccc2c(c1)OCO2. The normalized spacial score (nSPS) is 14.7. The van der Waals surface area contributed by atoms with Crippen LogP contribution < -0.4 is 24.8 Å². The van der Waals surface area contributed by atoms with Gasteiger partial charge < -0.3 is 24.8 Å². The topological polar surface area (TPSA) is 64.1 Å². The Bertz CT molecular complexity index is 491. The van der Waals surface area contributed by atoms with Gasteiger partial charge in [-0.05, 0) is 25.5 Å². The van der Waals surface area contributed by atoms with E-state index in [0.717, 1.165) is 29.6 Å². The van der Waals surface area contributed by atoms with Crippen LogP contribution in [0.4, 0.5) is 0 Å². The van der Waals surface area contributed by atoms with Gasteiger partial charge in [-0.1, -0.05) is 6.92 Å². The summed E-state index contributed by atoms with van der Waals surface area (Å²) < 4.78 is 16.2. The van der Waals surface area contributed by atoms with E-state index in [0.29, 0.717) is 19.2 Å². The third-order valence-electron chi connectivity index (χ3n) is 3.23. The summed E-state index contributed by atoms with van der Waals surface area (Å²) in [4.78, 5) is 4.17. The van der Waals surface area contributed by atoms with Crippen LogP contribution in [0, 0.1) is 0 Å². The number of hydrogen-bond donors (Lipinski definition) is 2. The fourth-order valence-electron chi connectivity index (χ4n) is 1.84. The first-order valence-electron chi connectivity index (χ1n) is 7.22. The number of ether oxygens (including phenoxy) is 3. The maximum absolute atomic E-state index is 5.68. The molecule has 1 unspecified atom stereocenters. The summed E-state index contributed by atoms with van der Waals surface area (Å²) in [6.45, 7) is 5.74. The second-order valence-electron chi connectivity index (χ2n) is 4.82. The lowest BCUT2D eigenvalue weighted by molar-refractivity contribution is 0.173. The molecule has 0 aromatic heterocycles. The Morgan fingerprint density at radius 3 is 2.95 bits per heavy atom. The zero-order valence-electron chi connectivity index (χ0n) is 12.8. The zero-order valence-corrected chi connectivity index (χ0v) is 12.8. The van der Waals surface area contributed by atoms with Crippen molar-refractivity contribution in [2.75, 3.05) is 27.0 Å². The molecule has 0 saturated heterocycles. The molecule has 0 fully saturated rings. The number of aliphatic imine (C=N–C) groups is 1. The molecule has 2 rings (SSSR count).